The average Bonchev–Trinajstić information content (AvgIpc) is 2.18. The fourth-order valence-electron chi connectivity index (χ4n) is 1.10. The Morgan fingerprint density at radius 3 is 2.71 bits per heavy atom. The van der Waals surface area contributed by atoms with Gasteiger partial charge in [-0.15, -0.1) is 0 Å². The van der Waals surface area contributed by atoms with Crippen LogP contribution >= 0.6 is 0 Å². The molecule has 1 aromatic rings. The Labute approximate surface area is 81.9 Å². The van der Waals surface area contributed by atoms with Gasteiger partial charge in [0, 0.05) is 0 Å². The highest BCUT2D eigenvalue weighted by Crippen LogP contribution is 2.31. The highest BCUT2D eigenvalue weighted by Gasteiger charge is 2.13. The SMILES string of the molecule is COc1ncnc(C(C)C)c1N=C=O. The van der Waals surface area contributed by atoms with E-state index in [0.717, 1.165) is 0 Å². The van der Waals surface area contributed by atoms with Crippen molar-refractivity contribution in [3.8, 4) is 5.88 Å². The molecule has 74 valence electrons. The fourth-order valence-corrected chi connectivity index (χ4v) is 1.10. The molecule has 0 aliphatic rings. The summed E-state index contributed by atoms with van der Waals surface area (Å²) in [7, 11) is 1.47. The molecule has 0 atom stereocenters. The molecule has 0 amide bonds. The summed E-state index contributed by atoms with van der Waals surface area (Å²) in [6, 6.07) is 0. The molecule has 0 bridgehead atoms. The summed E-state index contributed by atoms with van der Waals surface area (Å²) in [5.74, 6) is 0.450. The van der Waals surface area contributed by atoms with Crippen molar-refractivity contribution in [3.63, 3.8) is 0 Å². The lowest BCUT2D eigenvalue weighted by Gasteiger charge is -2.08. The van der Waals surface area contributed by atoms with Gasteiger partial charge < -0.3 is 4.74 Å². The molecule has 14 heavy (non-hydrogen) atoms. The Morgan fingerprint density at radius 1 is 1.50 bits per heavy atom. The summed E-state index contributed by atoms with van der Waals surface area (Å²) >= 11 is 0. The van der Waals surface area contributed by atoms with E-state index in [9.17, 15) is 4.79 Å². The van der Waals surface area contributed by atoms with Crippen molar-refractivity contribution in [2.75, 3.05) is 7.11 Å². The maximum atomic E-state index is 10.2. The molecule has 1 heterocycles. The van der Waals surface area contributed by atoms with Crippen LogP contribution in [0.3, 0.4) is 0 Å². The molecule has 1 aromatic heterocycles. The second-order valence-electron chi connectivity index (χ2n) is 2.97. The molecular weight excluding hydrogens is 182 g/mol. The van der Waals surface area contributed by atoms with Crippen LogP contribution in [0.1, 0.15) is 25.5 Å². The largest absolute Gasteiger partial charge is 0.479 e. The Morgan fingerprint density at radius 2 is 2.21 bits per heavy atom. The van der Waals surface area contributed by atoms with Gasteiger partial charge in [-0.25, -0.2) is 9.78 Å². The van der Waals surface area contributed by atoms with Gasteiger partial charge >= 0.3 is 0 Å². The third-order valence-corrected chi connectivity index (χ3v) is 1.71. The van der Waals surface area contributed by atoms with Gasteiger partial charge in [0.15, 0.2) is 5.69 Å². The van der Waals surface area contributed by atoms with Crippen molar-refractivity contribution in [2.45, 2.75) is 19.8 Å². The van der Waals surface area contributed by atoms with E-state index in [0.29, 0.717) is 17.3 Å². The summed E-state index contributed by atoms with van der Waals surface area (Å²) in [6.07, 6.45) is 2.86. The van der Waals surface area contributed by atoms with E-state index in [2.05, 4.69) is 15.0 Å². The summed E-state index contributed by atoms with van der Waals surface area (Å²) in [6.45, 7) is 3.90. The quantitative estimate of drug-likeness (QED) is 0.540. The predicted octanol–water partition coefficient (Wildman–Crippen LogP) is 1.58. The van der Waals surface area contributed by atoms with Gasteiger partial charge in [0.2, 0.25) is 12.0 Å². The Kier molecular flexibility index (Phi) is 3.31. The highest BCUT2D eigenvalue weighted by atomic mass is 16.5. The van der Waals surface area contributed by atoms with Gasteiger partial charge in [-0.3, -0.25) is 0 Å². The molecule has 0 saturated carbocycles. The zero-order valence-corrected chi connectivity index (χ0v) is 8.31. The van der Waals surface area contributed by atoms with Gasteiger partial charge in [0.25, 0.3) is 0 Å². The first-order valence-electron chi connectivity index (χ1n) is 4.17. The molecule has 0 aliphatic carbocycles. The lowest BCUT2D eigenvalue weighted by molar-refractivity contribution is 0.397. The Hall–Kier alpha value is -1.74. The van der Waals surface area contributed by atoms with Gasteiger partial charge in [-0.1, -0.05) is 13.8 Å². The van der Waals surface area contributed by atoms with Gasteiger partial charge in [0.1, 0.15) is 6.33 Å². The number of carbonyl (C=O) groups excluding carboxylic acids is 1. The molecule has 0 aromatic carbocycles. The van der Waals surface area contributed by atoms with Crippen molar-refractivity contribution in [3.05, 3.63) is 12.0 Å². The number of nitrogens with zero attached hydrogens (tertiary/aromatic N) is 3. The van der Waals surface area contributed by atoms with Crippen LogP contribution in [0.25, 0.3) is 0 Å². The highest BCUT2D eigenvalue weighted by molar-refractivity contribution is 5.58. The number of methoxy groups -OCH3 is 1. The molecule has 0 aliphatic heterocycles. The minimum absolute atomic E-state index is 0.152. The van der Waals surface area contributed by atoms with Crippen molar-refractivity contribution in [2.24, 2.45) is 4.99 Å². The molecule has 0 spiro atoms. The number of aromatic nitrogens is 2. The van der Waals surface area contributed by atoms with E-state index < -0.39 is 0 Å². The number of aliphatic imine (C=N–C) groups is 1. The molecule has 0 N–H and O–H groups in total. The summed E-state index contributed by atoms with van der Waals surface area (Å²) in [5.41, 5.74) is 1.04. The first-order chi connectivity index (χ1) is 6.70. The zero-order chi connectivity index (χ0) is 10.6. The van der Waals surface area contributed by atoms with Gasteiger partial charge in [-0.2, -0.15) is 9.98 Å². The van der Waals surface area contributed by atoms with Crippen molar-refractivity contribution < 1.29 is 9.53 Å². The van der Waals surface area contributed by atoms with Crippen LogP contribution < -0.4 is 4.74 Å². The third kappa shape index (κ3) is 1.95. The molecule has 0 fully saturated rings. The van der Waals surface area contributed by atoms with Crippen molar-refractivity contribution >= 4 is 11.8 Å². The van der Waals surface area contributed by atoms with E-state index in [-0.39, 0.29) is 5.92 Å². The first kappa shape index (κ1) is 10.3. The zero-order valence-electron chi connectivity index (χ0n) is 8.31. The topological polar surface area (TPSA) is 64.4 Å². The molecule has 0 unspecified atom stereocenters. The summed E-state index contributed by atoms with van der Waals surface area (Å²) in [5, 5.41) is 0. The number of hydrogen-bond donors (Lipinski definition) is 0. The molecule has 1 rings (SSSR count). The van der Waals surface area contributed by atoms with Gasteiger partial charge in [0.05, 0.1) is 12.8 Å². The van der Waals surface area contributed by atoms with Crippen molar-refractivity contribution in [1.29, 1.82) is 0 Å². The van der Waals surface area contributed by atoms with E-state index in [1.165, 1.54) is 19.5 Å². The van der Waals surface area contributed by atoms with E-state index >= 15 is 0 Å². The van der Waals surface area contributed by atoms with E-state index in [4.69, 9.17) is 4.74 Å². The average molecular weight is 193 g/mol. The second-order valence-corrected chi connectivity index (χ2v) is 2.97. The number of isocyanates is 1. The fraction of sp³-hybridized carbons (Fsp3) is 0.444. The summed E-state index contributed by atoms with van der Waals surface area (Å²) in [4.78, 5) is 21.7. The number of rotatable bonds is 3. The molecule has 0 radical (unpaired) electrons. The minimum atomic E-state index is 0.152. The van der Waals surface area contributed by atoms with Crippen LogP contribution in [0.15, 0.2) is 11.3 Å². The smallest absolute Gasteiger partial charge is 0.244 e. The van der Waals surface area contributed by atoms with Gasteiger partial charge in [-0.05, 0) is 5.92 Å². The first-order valence-corrected chi connectivity index (χ1v) is 4.17. The van der Waals surface area contributed by atoms with Crippen LogP contribution in [-0.4, -0.2) is 23.2 Å². The normalized spacial score (nSPS) is 9.71. The standard InChI is InChI=1S/C9H11N3O2/c1-6(2)7-8(12-5-13)9(14-3)11-4-10-7/h4,6H,1-3H3. The summed E-state index contributed by atoms with van der Waals surface area (Å²) < 4.78 is 4.96. The molecule has 5 heteroatoms. The van der Waals surface area contributed by atoms with Crippen LogP contribution in [0, 0.1) is 0 Å². The maximum Gasteiger partial charge on any atom is 0.244 e. The number of hydrogen-bond acceptors (Lipinski definition) is 5. The van der Waals surface area contributed by atoms with Crippen LogP contribution in [0.2, 0.25) is 0 Å². The lowest BCUT2D eigenvalue weighted by Crippen LogP contribution is -1.97. The van der Waals surface area contributed by atoms with E-state index in [1.54, 1.807) is 0 Å². The van der Waals surface area contributed by atoms with Crippen LogP contribution in [0.5, 0.6) is 5.88 Å². The van der Waals surface area contributed by atoms with Crippen LogP contribution in [-0.2, 0) is 4.79 Å². The Bertz CT molecular complexity index is 370. The minimum Gasteiger partial charge on any atom is -0.479 e. The molecular formula is C9H11N3O2. The molecule has 0 saturated heterocycles. The molecule has 5 nitrogen and oxygen atoms in total. The van der Waals surface area contributed by atoms with Crippen molar-refractivity contribution in [1.82, 2.24) is 9.97 Å². The number of ether oxygens (including phenoxy) is 1. The monoisotopic (exact) mass is 193 g/mol. The maximum absolute atomic E-state index is 10.2. The predicted molar refractivity (Wildman–Crippen MR) is 50.5 cm³/mol. The second kappa shape index (κ2) is 4.48. The Balaban J connectivity index is 3.34. The van der Waals surface area contributed by atoms with Crippen LogP contribution in [0.4, 0.5) is 5.69 Å². The van der Waals surface area contributed by atoms with E-state index in [1.807, 2.05) is 13.8 Å². The third-order valence-electron chi connectivity index (χ3n) is 1.71. The lowest BCUT2D eigenvalue weighted by atomic mass is 10.1.